The van der Waals surface area contributed by atoms with Crippen molar-refractivity contribution in [2.75, 3.05) is 18.4 Å². The standard InChI is InChI=1S/C32H44FN5O5/c1-4-38-27(11-14-34-38)31(42)36-30(23-7-5-20(2)6-8-23)32(43)35-26-10-9-24(19-25(26)33)21(3)17-28(39)37-15-12-22(13-16-37)18-29(40)41/h9-11,14,19-23,30H,4-8,12-13,15-18H2,1-3H3,(H,35,43)(H,36,42)(H,40,41)/t20?,21-,23?,30+/m1/s1. The first kappa shape index (κ1) is 32.2. The van der Waals surface area contributed by atoms with E-state index in [2.05, 4.69) is 22.7 Å². The molecule has 2 aromatic rings. The smallest absolute Gasteiger partial charge is 0.303 e. The van der Waals surface area contributed by atoms with Gasteiger partial charge in [0.1, 0.15) is 17.6 Å². The number of carboxylic acids is 1. The maximum Gasteiger partial charge on any atom is 0.303 e. The zero-order chi connectivity index (χ0) is 31.1. The van der Waals surface area contributed by atoms with E-state index >= 15 is 4.39 Å². The second-order valence-electron chi connectivity index (χ2n) is 12.3. The van der Waals surface area contributed by atoms with Crippen molar-refractivity contribution >= 4 is 29.4 Å². The third-order valence-corrected chi connectivity index (χ3v) is 9.08. The molecule has 2 fully saturated rings. The van der Waals surface area contributed by atoms with E-state index in [4.69, 9.17) is 5.11 Å². The molecular weight excluding hydrogens is 553 g/mol. The number of amides is 3. The van der Waals surface area contributed by atoms with Gasteiger partial charge in [0.15, 0.2) is 0 Å². The molecule has 1 saturated heterocycles. The molecular formula is C32H44FN5O5. The van der Waals surface area contributed by atoms with Crippen LogP contribution in [0.25, 0.3) is 0 Å². The first-order chi connectivity index (χ1) is 20.5. The summed E-state index contributed by atoms with van der Waals surface area (Å²) in [6.45, 7) is 7.49. The number of hydrogen-bond donors (Lipinski definition) is 3. The molecule has 0 spiro atoms. The van der Waals surface area contributed by atoms with Gasteiger partial charge in [-0.2, -0.15) is 5.10 Å². The van der Waals surface area contributed by atoms with Crippen molar-refractivity contribution in [2.45, 2.75) is 90.6 Å². The quantitative estimate of drug-likeness (QED) is 0.340. The van der Waals surface area contributed by atoms with Gasteiger partial charge < -0.3 is 20.6 Å². The van der Waals surface area contributed by atoms with Gasteiger partial charge in [-0.05, 0) is 80.0 Å². The molecule has 2 heterocycles. The highest BCUT2D eigenvalue weighted by Gasteiger charge is 2.34. The van der Waals surface area contributed by atoms with Gasteiger partial charge in [0.2, 0.25) is 11.8 Å². The minimum atomic E-state index is -0.824. The molecule has 1 saturated carbocycles. The Kier molecular flexibility index (Phi) is 10.9. The molecule has 4 rings (SSSR count). The lowest BCUT2D eigenvalue weighted by Gasteiger charge is -2.32. The first-order valence-electron chi connectivity index (χ1n) is 15.5. The second-order valence-corrected chi connectivity index (χ2v) is 12.3. The Morgan fingerprint density at radius 1 is 1.07 bits per heavy atom. The number of aliphatic carboxylic acids is 1. The predicted octanol–water partition coefficient (Wildman–Crippen LogP) is 4.81. The van der Waals surface area contributed by atoms with Crippen molar-refractivity contribution in [1.29, 1.82) is 0 Å². The normalized spacial score (nSPS) is 20.7. The first-order valence-corrected chi connectivity index (χ1v) is 15.5. The summed E-state index contributed by atoms with van der Waals surface area (Å²) in [6, 6.07) is 5.36. The molecule has 2 aliphatic rings. The summed E-state index contributed by atoms with van der Waals surface area (Å²) in [4.78, 5) is 52.3. The van der Waals surface area contributed by atoms with Gasteiger partial charge in [0.25, 0.3) is 5.91 Å². The molecule has 43 heavy (non-hydrogen) atoms. The molecule has 0 unspecified atom stereocenters. The lowest BCUT2D eigenvalue weighted by molar-refractivity contribution is -0.138. The van der Waals surface area contributed by atoms with Crippen molar-refractivity contribution in [3.63, 3.8) is 0 Å². The molecule has 3 amide bonds. The number of likely N-dealkylation sites (tertiary alicyclic amines) is 1. The summed E-state index contributed by atoms with van der Waals surface area (Å²) in [5, 5.41) is 18.8. The van der Waals surface area contributed by atoms with Crippen LogP contribution < -0.4 is 10.6 Å². The van der Waals surface area contributed by atoms with Gasteiger partial charge >= 0.3 is 5.97 Å². The second kappa shape index (κ2) is 14.6. The van der Waals surface area contributed by atoms with Crippen molar-refractivity contribution < 1.29 is 28.7 Å². The molecule has 11 heteroatoms. The highest BCUT2D eigenvalue weighted by molar-refractivity contribution is 6.00. The third-order valence-electron chi connectivity index (χ3n) is 9.08. The topological polar surface area (TPSA) is 134 Å². The average Bonchev–Trinajstić information content (AvgIpc) is 3.46. The van der Waals surface area contributed by atoms with E-state index in [0.717, 1.165) is 25.7 Å². The van der Waals surface area contributed by atoms with Crippen LogP contribution in [0.1, 0.15) is 94.1 Å². The number of carbonyl (C=O) groups excluding carboxylic acids is 3. The summed E-state index contributed by atoms with van der Waals surface area (Å²) in [5.41, 5.74) is 1.03. The van der Waals surface area contributed by atoms with Crippen LogP contribution in [0.4, 0.5) is 10.1 Å². The monoisotopic (exact) mass is 597 g/mol. The van der Waals surface area contributed by atoms with Gasteiger partial charge in [-0.3, -0.25) is 23.9 Å². The van der Waals surface area contributed by atoms with Crippen LogP contribution in [0, 0.1) is 23.6 Å². The van der Waals surface area contributed by atoms with E-state index in [0.29, 0.717) is 49.7 Å². The van der Waals surface area contributed by atoms with E-state index in [1.807, 2.05) is 13.8 Å². The zero-order valence-corrected chi connectivity index (χ0v) is 25.4. The van der Waals surface area contributed by atoms with Crippen LogP contribution in [0.15, 0.2) is 30.5 Å². The zero-order valence-electron chi connectivity index (χ0n) is 25.4. The summed E-state index contributed by atoms with van der Waals surface area (Å²) in [6.07, 6.45) is 6.70. The molecule has 2 atom stereocenters. The molecule has 234 valence electrons. The number of rotatable bonds is 11. The number of halogens is 1. The van der Waals surface area contributed by atoms with E-state index in [1.165, 1.54) is 12.1 Å². The van der Waals surface area contributed by atoms with Gasteiger partial charge in [0.05, 0.1) is 5.69 Å². The SMILES string of the molecule is CCn1nccc1C(=O)N[C@H](C(=O)Nc1ccc([C@H](C)CC(=O)N2CCC(CC(=O)O)CC2)cc1F)C1CCC(C)CC1. The minimum absolute atomic E-state index is 0.0230. The molecule has 3 N–H and O–H groups in total. The molecule has 1 aromatic carbocycles. The van der Waals surface area contributed by atoms with Gasteiger partial charge in [-0.15, -0.1) is 0 Å². The lowest BCUT2D eigenvalue weighted by atomic mass is 9.79. The number of benzene rings is 1. The van der Waals surface area contributed by atoms with Gasteiger partial charge in [-0.25, -0.2) is 4.39 Å². The molecule has 10 nitrogen and oxygen atoms in total. The van der Waals surface area contributed by atoms with Crippen LogP contribution in [-0.4, -0.2) is 62.6 Å². The Balaban J connectivity index is 1.39. The summed E-state index contributed by atoms with van der Waals surface area (Å²) >= 11 is 0. The highest BCUT2D eigenvalue weighted by atomic mass is 19.1. The van der Waals surface area contributed by atoms with Crippen LogP contribution in [0.5, 0.6) is 0 Å². The number of carboxylic acid groups (broad SMARTS) is 1. The Morgan fingerprint density at radius 3 is 2.40 bits per heavy atom. The van der Waals surface area contributed by atoms with Crippen LogP contribution in [0.2, 0.25) is 0 Å². The molecule has 0 radical (unpaired) electrons. The maximum absolute atomic E-state index is 15.3. The van der Waals surface area contributed by atoms with Crippen LogP contribution in [-0.2, 0) is 20.9 Å². The number of hydrogen-bond acceptors (Lipinski definition) is 5. The van der Waals surface area contributed by atoms with Crippen LogP contribution >= 0.6 is 0 Å². The Hall–Kier alpha value is -3.76. The lowest BCUT2D eigenvalue weighted by Crippen LogP contribution is -2.49. The fourth-order valence-electron chi connectivity index (χ4n) is 6.30. The van der Waals surface area contributed by atoms with Crippen molar-refractivity contribution in [2.24, 2.45) is 17.8 Å². The molecule has 1 aromatic heterocycles. The number of aromatic nitrogens is 2. The summed E-state index contributed by atoms with van der Waals surface area (Å²) in [7, 11) is 0. The molecule has 0 bridgehead atoms. The van der Waals surface area contributed by atoms with Crippen LogP contribution in [0.3, 0.4) is 0 Å². The van der Waals surface area contributed by atoms with E-state index in [9.17, 15) is 19.2 Å². The number of anilines is 1. The number of carbonyl (C=O) groups is 4. The maximum atomic E-state index is 15.3. The summed E-state index contributed by atoms with van der Waals surface area (Å²) < 4.78 is 16.9. The fourth-order valence-corrected chi connectivity index (χ4v) is 6.30. The largest absolute Gasteiger partial charge is 0.481 e. The average molecular weight is 598 g/mol. The van der Waals surface area contributed by atoms with E-state index in [1.54, 1.807) is 27.9 Å². The number of nitrogens with zero attached hydrogens (tertiary/aromatic N) is 3. The summed E-state index contributed by atoms with van der Waals surface area (Å²) in [5.74, 6) is -1.98. The Labute approximate surface area is 252 Å². The molecule has 1 aliphatic carbocycles. The van der Waals surface area contributed by atoms with Crippen molar-refractivity contribution in [1.82, 2.24) is 20.0 Å². The third kappa shape index (κ3) is 8.42. The minimum Gasteiger partial charge on any atom is -0.481 e. The van der Waals surface area contributed by atoms with Gasteiger partial charge in [-0.1, -0.05) is 32.8 Å². The Morgan fingerprint density at radius 2 is 1.77 bits per heavy atom. The van der Waals surface area contributed by atoms with E-state index < -0.39 is 29.6 Å². The molecule has 1 aliphatic heterocycles. The predicted molar refractivity (Wildman–Crippen MR) is 160 cm³/mol. The van der Waals surface area contributed by atoms with Crippen molar-refractivity contribution in [3.8, 4) is 0 Å². The number of nitrogens with one attached hydrogen (secondary N) is 2. The van der Waals surface area contributed by atoms with E-state index in [-0.39, 0.29) is 42.2 Å². The Bertz CT molecular complexity index is 1300. The highest BCUT2D eigenvalue weighted by Crippen LogP contribution is 2.32. The fraction of sp³-hybridized carbons (Fsp3) is 0.594. The number of aryl methyl sites for hydroxylation is 1. The van der Waals surface area contributed by atoms with Crippen molar-refractivity contribution in [3.05, 3.63) is 47.5 Å². The number of piperidine rings is 1. The van der Waals surface area contributed by atoms with Gasteiger partial charge in [0, 0.05) is 38.7 Å².